The molecule has 39 heavy (non-hydrogen) atoms. The number of likely N-dealkylation sites (tertiary alicyclic amines) is 1. The maximum absolute atomic E-state index is 14.1. The lowest BCUT2D eigenvalue weighted by Crippen LogP contribution is -2.58. The topological polar surface area (TPSA) is 97.0 Å². The van der Waals surface area contributed by atoms with Gasteiger partial charge in [-0.05, 0) is 55.2 Å². The average molecular weight is 536 g/mol. The van der Waals surface area contributed by atoms with Crippen LogP contribution in [0.25, 0.3) is 0 Å². The average Bonchev–Trinajstić information content (AvgIpc) is 3.69. The molecule has 6 rings (SSSR count). The van der Waals surface area contributed by atoms with E-state index in [9.17, 15) is 14.4 Å². The van der Waals surface area contributed by atoms with Crippen LogP contribution in [0.4, 0.5) is 5.69 Å². The third-order valence-electron chi connectivity index (χ3n) is 9.63. The van der Waals surface area contributed by atoms with Gasteiger partial charge in [-0.3, -0.25) is 14.4 Å². The first-order valence-corrected chi connectivity index (χ1v) is 14.8. The molecule has 2 bridgehead atoms. The van der Waals surface area contributed by atoms with Gasteiger partial charge in [-0.1, -0.05) is 57.9 Å². The molecule has 0 radical (unpaired) electrons. The zero-order valence-electron chi connectivity index (χ0n) is 23.2. The molecular formula is C31H41N3O5. The Morgan fingerprint density at radius 1 is 1.08 bits per heavy atom. The van der Waals surface area contributed by atoms with Crippen molar-refractivity contribution in [2.75, 3.05) is 18.5 Å². The molecular weight excluding hydrogens is 494 g/mol. The number of ether oxygens (including phenoxy) is 2. The zero-order valence-corrected chi connectivity index (χ0v) is 23.2. The highest BCUT2D eigenvalue weighted by Gasteiger charge is 2.73. The number of carbonyl (C=O) groups is 3. The van der Waals surface area contributed by atoms with E-state index in [4.69, 9.17) is 9.47 Å². The minimum absolute atomic E-state index is 0.0804. The summed E-state index contributed by atoms with van der Waals surface area (Å²) in [6.45, 7) is 7.43. The minimum atomic E-state index is -1.15. The molecule has 1 aromatic carbocycles. The largest absolute Gasteiger partial charge is 0.376 e. The van der Waals surface area contributed by atoms with Crippen LogP contribution in [0.3, 0.4) is 0 Å². The lowest BCUT2D eigenvalue weighted by atomic mass is 9.74. The highest BCUT2D eigenvalue weighted by molar-refractivity contribution is 6.02. The van der Waals surface area contributed by atoms with E-state index in [-0.39, 0.29) is 29.9 Å². The summed E-state index contributed by atoms with van der Waals surface area (Å²) in [5, 5.41) is 6.31. The van der Waals surface area contributed by atoms with E-state index in [2.05, 4.69) is 31.4 Å². The molecule has 4 heterocycles. The van der Waals surface area contributed by atoms with Gasteiger partial charge in [0.1, 0.15) is 11.6 Å². The first kappa shape index (κ1) is 26.5. The second-order valence-corrected chi connectivity index (χ2v) is 12.5. The van der Waals surface area contributed by atoms with Gasteiger partial charge >= 0.3 is 0 Å². The lowest BCUT2D eigenvalue weighted by Gasteiger charge is -2.36. The summed E-state index contributed by atoms with van der Waals surface area (Å²) in [6.07, 6.45) is 9.19. The van der Waals surface area contributed by atoms with Crippen molar-refractivity contribution in [3.8, 4) is 0 Å². The molecule has 4 fully saturated rings. The van der Waals surface area contributed by atoms with Crippen molar-refractivity contribution in [1.29, 1.82) is 0 Å². The molecule has 1 aromatic rings. The number of nitrogens with one attached hydrogen (secondary N) is 2. The summed E-state index contributed by atoms with van der Waals surface area (Å²) in [5.74, 6) is -1.29. The number of benzene rings is 1. The van der Waals surface area contributed by atoms with Crippen molar-refractivity contribution in [3.63, 3.8) is 0 Å². The van der Waals surface area contributed by atoms with Crippen LogP contribution in [-0.2, 0) is 23.9 Å². The third kappa shape index (κ3) is 4.59. The number of nitrogens with zero attached hydrogens (tertiary/aromatic N) is 1. The Morgan fingerprint density at radius 2 is 1.85 bits per heavy atom. The van der Waals surface area contributed by atoms with Gasteiger partial charge in [0.2, 0.25) is 17.7 Å². The zero-order chi connectivity index (χ0) is 27.3. The van der Waals surface area contributed by atoms with E-state index in [1.54, 1.807) is 4.90 Å². The molecule has 5 aliphatic rings. The van der Waals surface area contributed by atoms with Crippen LogP contribution in [0, 0.1) is 17.8 Å². The normalized spacial score (nSPS) is 37.0. The number of rotatable bonds is 7. The third-order valence-corrected chi connectivity index (χ3v) is 9.63. The van der Waals surface area contributed by atoms with E-state index in [0.717, 1.165) is 32.1 Å². The van der Waals surface area contributed by atoms with E-state index >= 15 is 0 Å². The quantitative estimate of drug-likeness (QED) is 0.518. The smallest absolute Gasteiger partial charge is 0.246 e. The van der Waals surface area contributed by atoms with Crippen LogP contribution in [-0.4, -0.2) is 65.7 Å². The molecule has 3 saturated heterocycles. The van der Waals surface area contributed by atoms with Crippen molar-refractivity contribution in [2.24, 2.45) is 17.8 Å². The Morgan fingerprint density at radius 3 is 2.54 bits per heavy atom. The molecule has 8 atom stereocenters. The number of hydrogen-bond donors (Lipinski definition) is 2. The second-order valence-electron chi connectivity index (χ2n) is 12.5. The minimum Gasteiger partial charge on any atom is -0.376 e. The monoisotopic (exact) mass is 535 g/mol. The van der Waals surface area contributed by atoms with Gasteiger partial charge in [0.15, 0.2) is 0 Å². The van der Waals surface area contributed by atoms with E-state index in [0.29, 0.717) is 30.7 Å². The lowest BCUT2D eigenvalue weighted by molar-refractivity contribution is -0.143. The fraction of sp³-hybridized carbons (Fsp3) is 0.645. The van der Waals surface area contributed by atoms with Gasteiger partial charge in [0.05, 0.1) is 24.0 Å². The number of amides is 3. The van der Waals surface area contributed by atoms with Gasteiger partial charge in [0.25, 0.3) is 0 Å². The number of fused-ring (bicyclic) bond motifs is 1. The summed E-state index contributed by atoms with van der Waals surface area (Å²) < 4.78 is 12.4. The van der Waals surface area contributed by atoms with E-state index < -0.39 is 29.6 Å². The molecule has 4 aliphatic heterocycles. The van der Waals surface area contributed by atoms with Crippen LogP contribution in [0.15, 0.2) is 36.4 Å². The van der Waals surface area contributed by atoms with Gasteiger partial charge in [0, 0.05) is 24.9 Å². The molecule has 8 nitrogen and oxygen atoms in total. The first-order valence-electron chi connectivity index (χ1n) is 14.8. The van der Waals surface area contributed by atoms with Gasteiger partial charge in [-0.2, -0.15) is 0 Å². The van der Waals surface area contributed by atoms with Crippen molar-refractivity contribution in [3.05, 3.63) is 42.0 Å². The van der Waals surface area contributed by atoms with Crippen molar-refractivity contribution >= 4 is 23.4 Å². The maximum Gasteiger partial charge on any atom is 0.246 e. The number of anilines is 1. The Balaban J connectivity index is 1.27. The van der Waals surface area contributed by atoms with E-state index in [1.807, 2.05) is 36.4 Å². The molecule has 2 N–H and O–H groups in total. The Labute approximate surface area is 230 Å². The summed E-state index contributed by atoms with van der Waals surface area (Å²) in [4.78, 5) is 43.5. The van der Waals surface area contributed by atoms with Crippen LogP contribution in [0.2, 0.25) is 0 Å². The van der Waals surface area contributed by atoms with Crippen molar-refractivity contribution < 1.29 is 23.9 Å². The molecule has 8 heteroatoms. The summed E-state index contributed by atoms with van der Waals surface area (Å²) >= 11 is 0. The Kier molecular flexibility index (Phi) is 7.04. The SMILES string of the molecule is CC(C)c1ccc(NC(=O)[C@@H]2[C@@H]3C=C[C@]4(O3)[C@@H]2C(=O)N(C[C@H]2CCCO2)[C@H]4C(=O)N[C@@H]2CCCC[C@H]2C)cc1. The van der Waals surface area contributed by atoms with E-state index in [1.165, 1.54) is 12.0 Å². The van der Waals surface area contributed by atoms with Crippen LogP contribution < -0.4 is 10.6 Å². The van der Waals surface area contributed by atoms with Crippen molar-refractivity contribution in [2.45, 2.75) is 95.1 Å². The molecule has 210 valence electrons. The number of carbonyl (C=O) groups excluding carboxylic acids is 3. The fourth-order valence-electron chi connectivity index (χ4n) is 7.44. The van der Waals surface area contributed by atoms with Crippen LogP contribution >= 0.6 is 0 Å². The molecule has 0 unspecified atom stereocenters. The van der Waals surface area contributed by atoms with Gasteiger partial charge in [-0.15, -0.1) is 0 Å². The summed E-state index contributed by atoms with van der Waals surface area (Å²) in [6, 6.07) is 7.07. The molecule has 1 aliphatic carbocycles. The van der Waals surface area contributed by atoms with Crippen LogP contribution in [0.1, 0.15) is 70.8 Å². The molecule has 0 aromatic heterocycles. The molecule has 1 spiro atoms. The summed E-state index contributed by atoms with van der Waals surface area (Å²) in [5.41, 5.74) is 0.730. The highest BCUT2D eigenvalue weighted by atomic mass is 16.5. The predicted octanol–water partition coefficient (Wildman–Crippen LogP) is 3.77. The van der Waals surface area contributed by atoms with Crippen LogP contribution in [0.5, 0.6) is 0 Å². The molecule has 1 saturated carbocycles. The van der Waals surface area contributed by atoms with Gasteiger partial charge < -0.3 is 25.0 Å². The summed E-state index contributed by atoms with van der Waals surface area (Å²) in [7, 11) is 0. The Bertz CT molecular complexity index is 1140. The highest BCUT2D eigenvalue weighted by Crippen LogP contribution is 2.55. The second kappa shape index (κ2) is 10.4. The number of hydrogen-bond acceptors (Lipinski definition) is 5. The Hall–Kier alpha value is -2.71. The predicted molar refractivity (Wildman–Crippen MR) is 147 cm³/mol. The maximum atomic E-state index is 14.1. The first-order chi connectivity index (χ1) is 18.8. The standard InChI is InChI=1S/C31H41N3O5/c1-18(2)20-10-12-21(13-11-20)32-28(35)25-24-14-15-31(39-24)26(25)30(37)34(17-22-8-6-16-38-22)27(31)29(36)33-23-9-5-4-7-19(23)3/h10-15,18-19,22-27H,4-9,16-17H2,1-3H3,(H,32,35)(H,33,36)/t19-,22-,23-,24+,25-,26+,27+,31+/m1/s1. The van der Waals surface area contributed by atoms with Gasteiger partial charge in [-0.25, -0.2) is 0 Å². The van der Waals surface area contributed by atoms with Crippen molar-refractivity contribution in [1.82, 2.24) is 10.2 Å². The fourth-order valence-corrected chi connectivity index (χ4v) is 7.44. The molecule has 3 amide bonds.